The molecule has 0 aliphatic rings. The summed E-state index contributed by atoms with van der Waals surface area (Å²) in [5, 5.41) is 2.77. The highest BCUT2D eigenvalue weighted by molar-refractivity contribution is 7.71. The van der Waals surface area contributed by atoms with Crippen molar-refractivity contribution in [3.05, 3.63) is 63.5 Å². The zero-order valence-electron chi connectivity index (χ0n) is 9.13. The van der Waals surface area contributed by atoms with E-state index in [0.717, 1.165) is 0 Å². The molecule has 0 saturated heterocycles. The van der Waals surface area contributed by atoms with Gasteiger partial charge in [-0.2, -0.15) is 0 Å². The molecule has 0 unspecified atom stereocenters. The first-order chi connectivity index (χ1) is 8.68. The van der Waals surface area contributed by atoms with Crippen molar-refractivity contribution in [2.45, 2.75) is 0 Å². The predicted molar refractivity (Wildman–Crippen MR) is 68.1 cm³/mol. The lowest BCUT2D eigenvalue weighted by molar-refractivity contribution is 0.634. The SMILES string of the molecule is O=c1c2c(F)ccn2[nH]c(=S)n1-c1ccccc1. The molecule has 0 amide bonds. The summed E-state index contributed by atoms with van der Waals surface area (Å²) in [4.78, 5) is 12.2. The number of benzene rings is 1. The molecule has 3 aromatic rings. The molecular formula is C12H8FN3OS. The van der Waals surface area contributed by atoms with E-state index >= 15 is 0 Å². The Balaban J connectivity index is 2.47. The molecule has 90 valence electrons. The number of rotatable bonds is 1. The van der Waals surface area contributed by atoms with Crippen LogP contribution in [-0.2, 0) is 0 Å². The minimum atomic E-state index is -0.573. The van der Waals surface area contributed by atoms with Gasteiger partial charge in [0.1, 0.15) is 0 Å². The van der Waals surface area contributed by atoms with E-state index < -0.39 is 11.4 Å². The maximum atomic E-state index is 13.5. The van der Waals surface area contributed by atoms with E-state index in [4.69, 9.17) is 12.2 Å². The maximum absolute atomic E-state index is 13.5. The van der Waals surface area contributed by atoms with Gasteiger partial charge in [-0.3, -0.25) is 19.0 Å². The van der Waals surface area contributed by atoms with Gasteiger partial charge in [0.15, 0.2) is 16.1 Å². The molecule has 0 spiro atoms. The normalized spacial score (nSPS) is 10.9. The van der Waals surface area contributed by atoms with Crippen molar-refractivity contribution in [2.75, 3.05) is 0 Å². The molecule has 1 aromatic carbocycles. The van der Waals surface area contributed by atoms with Crippen molar-refractivity contribution >= 4 is 17.7 Å². The summed E-state index contributed by atoms with van der Waals surface area (Å²) in [6, 6.07) is 10.1. The van der Waals surface area contributed by atoms with E-state index in [-0.39, 0.29) is 10.3 Å². The summed E-state index contributed by atoms with van der Waals surface area (Å²) in [6.45, 7) is 0. The smallest absolute Gasteiger partial charge is 0.269 e. The summed E-state index contributed by atoms with van der Waals surface area (Å²) in [6.07, 6.45) is 1.43. The van der Waals surface area contributed by atoms with Gasteiger partial charge < -0.3 is 0 Å². The standard InChI is InChI=1S/C12H8FN3OS/c13-9-6-7-15-10(9)11(17)16(12(18)14-15)8-4-2-1-3-5-8/h1-7H,(H,14,18). The van der Waals surface area contributed by atoms with Crippen molar-refractivity contribution < 1.29 is 4.39 Å². The van der Waals surface area contributed by atoms with Crippen LogP contribution in [0.25, 0.3) is 11.2 Å². The molecule has 2 aromatic heterocycles. The highest BCUT2D eigenvalue weighted by Crippen LogP contribution is 2.08. The molecule has 1 N–H and O–H groups in total. The molecule has 0 aliphatic carbocycles. The maximum Gasteiger partial charge on any atom is 0.286 e. The van der Waals surface area contributed by atoms with Gasteiger partial charge in [-0.05, 0) is 30.4 Å². The zero-order chi connectivity index (χ0) is 12.7. The fourth-order valence-electron chi connectivity index (χ4n) is 1.87. The van der Waals surface area contributed by atoms with Gasteiger partial charge >= 0.3 is 0 Å². The Morgan fingerprint density at radius 3 is 2.61 bits per heavy atom. The van der Waals surface area contributed by atoms with Crippen LogP contribution in [-0.4, -0.2) is 14.2 Å². The van der Waals surface area contributed by atoms with Crippen molar-refractivity contribution in [1.82, 2.24) is 14.2 Å². The molecular weight excluding hydrogens is 253 g/mol. The van der Waals surface area contributed by atoms with E-state index in [9.17, 15) is 9.18 Å². The molecule has 3 rings (SSSR count). The molecule has 6 heteroatoms. The number of nitrogens with zero attached hydrogens (tertiary/aromatic N) is 2. The van der Waals surface area contributed by atoms with E-state index in [1.807, 2.05) is 6.07 Å². The van der Waals surface area contributed by atoms with Gasteiger partial charge in [0.2, 0.25) is 0 Å². The summed E-state index contributed by atoms with van der Waals surface area (Å²) < 4.78 is 16.3. The number of nitrogens with one attached hydrogen (secondary N) is 1. The van der Waals surface area contributed by atoms with Crippen LogP contribution in [0.2, 0.25) is 0 Å². The van der Waals surface area contributed by atoms with Crippen molar-refractivity contribution in [3.63, 3.8) is 0 Å². The number of halogens is 1. The minimum absolute atomic E-state index is 0.0487. The van der Waals surface area contributed by atoms with E-state index in [0.29, 0.717) is 5.69 Å². The van der Waals surface area contributed by atoms with Gasteiger partial charge in [0.05, 0.1) is 5.69 Å². The molecule has 0 atom stereocenters. The Kier molecular flexibility index (Phi) is 2.38. The lowest BCUT2D eigenvalue weighted by Gasteiger charge is -2.06. The van der Waals surface area contributed by atoms with E-state index in [2.05, 4.69) is 5.10 Å². The van der Waals surface area contributed by atoms with Gasteiger partial charge in [-0.1, -0.05) is 18.2 Å². The van der Waals surface area contributed by atoms with Crippen LogP contribution in [0.15, 0.2) is 47.4 Å². The Morgan fingerprint density at radius 2 is 1.89 bits per heavy atom. The Morgan fingerprint density at radius 1 is 1.17 bits per heavy atom. The molecule has 0 radical (unpaired) electrons. The number of aromatic nitrogens is 3. The molecule has 0 fully saturated rings. The molecule has 2 heterocycles. The van der Waals surface area contributed by atoms with Crippen LogP contribution in [0.5, 0.6) is 0 Å². The monoisotopic (exact) mass is 261 g/mol. The van der Waals surface area contributed by atoms with Gasteiger partial charge in [-0.25, -0.2) is 4.39 Å². The number of hydrogen-bond acceptors (Lipinski definition) is 2. The van der Waals surface area contributed by atoms with Gasteiger partial charge in [0, 0.05) is 6.20 Å². The van der Waals surface area contributed by atoms with Crippen molar-refractivity contribution in [1.29, 1.82) is 0 Å². The average Bonchev–Trinajstić information content (AvgIpc) is 2.72. The molecule has 18 heavy (non-hydrogen) atoms. The van der Waals surface area contributed by atoms with Crippen LogP contribution in [0.1, 0.15) is 0 Å². The summed E-state index contributed by atoms with van der Waals surface area (Å²) in [5.41, 5.74) is 0.0757. The van der Waals surface area contributed by atoms with Crippen LogP contribution in [0.4, 0.5) is 4.39 Å². The lowest BCUT2D eigenvalue weighted by Crippen LogP contribution is -2.23. The third-order valence-electron chi connectivity index (χ3n) is 2.68. The quantitative estimate of drug-likeness (QED) is 0.683. The first-order valence-corrected chi connectivity index (χ1v) is 5.66. The van der Waals surface area contributed by atoms with Crippen LogP contribution >= 0.6 is 12.2 Å². The predicted octanol–water partition coefficient (Wildman–Crippen LogP) is 2.29. The fraction of sp³-hybridized carbons (Fsp3) is 0. The summed E-state index contributed by atoms with van der Waals surface area (Å²) in [7, 11) is 0. The van der Waals surface area contributed by atoms with Gasteiger partial charge in [-0.15, -0.1) is 0 Å². The highest BCUT2D eigenvalue weighted by Gasteiger charge is 2.11. The number of H-pyrrole nitrogens is 1. The Labute approximate surface area is 106 Å². The number of hydrogen-bond donors (Lipinski definition) is 1. The summed E-state index contributed by atoms with van der Waals surface area (Å²) >= 11 is 5.12. The van der Waals surface area contributed by atoms with Crippen LogP contribution < -0.4 is 5.56 Å². The Hall–Kier alpha value is -2.21. The van der Waals surface area contributed by atoms with Crippen LogP contribution in [0.3, 0.4) is 0 Å². The second kappa shape index (κ2) is 3.92. The topological polar surface area (TPSA) is 42.2 Å². The first kappa shape index (κ1) is 10.9. The minimum Gasteiger partial charge on any atom is -0.269 e. The zero-order valence-corrected chi connectivity index (χ0v) is 9.95. The Bertz CT molecular complexity index is 832. The molecule has 4 nitrogen and oxygen atoms in total. The fourth-order valence-corrected chi connectivity index (χ4v) is 2.16. The third kappa shape index (κ3) is 1.50. The third-order valence-corrected chi connectivity index (χ3v) is 2.95. The van der Waals surface area contributed by atoms with E-state index in [1.54, 1.807) is 24.3 Å². The largest absolute Gasteiger partial charge is 0.286 e. The van der Waals surface area contributed by atoms with Crippen molar-refractivity contribution in [3.8, 4) is 5.69 Å². The molecule has 0 aliphatic heterocycles. The lowest BCUT2D eigenvalue weighted by atomic mass is 10.3. The number of para-hydroxylation sites is 1. The molecule has 0 bridgehead atoms. The van der Waals surface area contributed by atoms with Crippen LogP contribution in [0, 0.1) is 10.6 Å². The summed E-state index contributed by atoms with van der Waals surface area (Å²) in [5.74, 6) is -0.573. The first-order valence-electron chi connectivity index (χ1n) is 5.26. The second-order valence-corrected chi connectivity index (χ2v) is 4.16. The molecule has 0 saturated carbocycles. The average molecular weight is 261 g/mol. The van der Waals surface area contributed by atoms with Crippen molar-refractivity contribution in [2.24, 2.45) is 0 Å². The van der Waals surface area contributed by atoms with Gasteiger partial charge in [0.25, 0.3) is 5.56 Å². The van der Waals surface area contributed by atoms with E-state index in [1.165, 1.54) is 21.3 Å². The highest BCUT2D eigenvalue weighted by atomic mass is 32.1. The number of aromatic amines is 1. The second-order valence-electron chi connectivity index (χ2n) is 3.78. The number of fused-ring (bicyclic) bond motifs is 1.